The van der Waals surface area contributed by atoms with Crippen molar-refractivity contribution in [1.29, 1.82) is 0 Å². The summed E-state index contributed by atoms with van der Waals surface area (Å²) in [4.78, 5) is 1.53. The first kappa shape index (κ1) is 8.59. The zero-order chi connectivity index (χ0) is 9.26. The van der Waals surface area contributed by atoms with Crippen LogP contribution in [0.4, 0.5) is 11.4 Å². The fourth-order valence-corrected chi connectivity index (χ4v) is 1.84. The Morgan fingerprint density at radius 2 is 1.38 bits per heavy atom. The monoisotopic (exact) mass is 208 g/mol. The van der Waals surface area contributed by atoms with Crippen LogP contribution in [-0.4, -0.2) is 9.98 Å². The SMILES string of the molecule is S=C1CC(=S)Nc2ccccc2N1. The third-order valence-electron chi connectivity index (χ3n) is 1.80. The molecule has 0 amide bonds. The average Bonchev–Trinajstić information content (AvgIpc) is 2.20. The number of thiocarbonyl (C=S) groups is 2. The summed E-state index contributed by atoms with van der Waals surface area (Å²) < 4.78 is 0. The van der Waals surface area contributed by atoms with Crippen LogP contribution in [0.5, 0.6) is 0 Å². The van der Waals surface area contributed by atoms with Crippen LogP contribution >= 0.6 is 24.4 Å². The summed E-state index contributed by atoms with van der Waals surface area (Å²) in [5.74, 6) is 0. The van der Waals surface area contributed by atoms with E-state index in [1.165, 1.54) is 0 Å². The predicted molar refractivity (Wildman–Crippen MR) is 63.5 cm³/mol. The molecule has 0 spiro atoms. The quantitative estimate of drug-likeness (QED) is 0.640. The number of hydrogen-bond donors (Lipinski definition) is 2. The summed E-state index contributed by atoms with van der Waals surface area (Å²) in [5, 5.41) is 6.27. The van der Waals surface area contributed by atoms with E-state index in [4.69, 9.17) is 24.4 Å². The summed E-state index contributed by atoms with van der Waals surface area (Å²) in [7, 11) is 0. The molecule has 0 fully saturated rings. The van der Waals surface area contributed by atoms with E-state index in [9.17, 15) is 0 Å². The van der Waals surface area contributed by atoms with E-state index in [0.717, 1.165) is 21.4 Å². The van der Waals surface area contributed by atoms with Crippen LogP contribution in [-0.2, 0) is 0 Å². The van der Waals surface area contributed by atoms with E-state index in [1.54, 1.807) is 0 Å². The second kappa shape index (κ2) is 3.40. The van der Waals surface area contributed by atoms with E-state index < -0.39 is 0 Å². The molecule has 0 radical (unpaired) electrons. The molecule has 0 saturated heterocycles. The molecule has 2 N–H and O–H groups in total. The molecular weight excluding hydrogens is 200 g/mol. The van der Waals surface area contributed by atoms with Gasteiger partial charge in [-0.25, -0.2) is 0 Å². The number of rotatable bonds is 0. The highest BCUT2D eigenvalue weighted by Crippen LogP contribution is 2.24. The van der Waals surface area contributed by atoms with Crippen LogP contribution in [0.2, 0.25) is 0 Å². The highest BCUT2D eigenvalue weighted by Gasteiger charge is 2.11. The van der Waals surface area contributed by atoms with Gasteiger partial charge in [0.15, 0.2) is 0 Å². The molecule has 1 heterocycles. The molecule has 0 aromatic heterocycles. The molecule has 0 bridgehead atoms. The van der Waals surface area contributed by atoms with Crippen molar-refractivity contribution in [1.82, 2.24) is 0 Å². The van der Waals surface area contributed by atoms with Gasteiger partial charge in [-0.2, -0.15) is 0 Å². The first-order valence-electron chi connectivity index (χ1n) is 3.94. The lowest BCUT2D eigenvalue weighted by Crippen LogP contribution is -2.12. The Balaban J connectivity index is 2.43. The Kier molecular flexibility index (Phi) is 2.24. The van der Waals surface area contributed by atoms with Crippen LogP contribution in [0.15, 0.2) is 24.3 Å². The van der Waals surface area contributed by atoms with Gasteiger partial charge in [0.2, 0.25) is 0 Å². The van der Waals surface area contributed by atoms with Gasteiger partial charge >= 0.3 is 0 Å². The van der Waals surface area contributed by atoms with Gasteiger partial charge in [0.25, 0.3) is 0 Å². The third-order valence-corrected chi connectivity index (χ3v) is 2.29. The first-order chi connectivity index (χ1) is 6.25. The van der Waals surface area contributed by atoms with Gasteiger partial charge in [0.05, 0.1) is 21.4 Å². The van der Waals surface area contributed by atoms with Gasteiger partial charge in [-0.05, 0) is 12.1 Å². The maximum atomic E-state index is 5.11. The van der Waals surface area contributed by atoms with Crippen molar-refractivity contribution in [3.8, 4) is 0 Å². The lowest BCUT2D eigenvalue weighted by molar-refractivity contribution is 1.63. The number of nitrogens with one attached hydrogen (secondary N) is 2. The van der Waals surface area contributed by atoms with Crippen molar-refractivity contribution < 1.29 is 0 Å². The second-order valence-corrected chi connectivity index (χ2v) is 3.80. The largest absolute Gasteiger partial charge is 0.348 e. The van der Waals surface area contributed by atoms with Gasteiger partial charge < -0.3 is 10.6 Å². The van der Waals surface area contributed by atoms with Crippen molar-refractivity contribution in [2.75, 3.05) is 10.6 Å². The van der Waals surface area contributed by atoms with E-state index in [0.29, 0.717) is 6.42 Å². The number of para-hydroxylation sites is 2. The Bertz CT molecular complexity index is 339. The molecule has 0 unspecified atom stereocenters. The molecule has 4 heteroatoms. The predicted octanol–water partition coefficient (Wildman–Crippen LogP) is 2.57. The Morgan fingerprint density at radius 3 is 1.85 bits per heavy atom. The molecule has 2 rings (SSSR count). The summed E-state index contributed by atoms with van der Waals surface area (Å²) in [6.07, 6.45) is 0.624. The minimum absolute atomic E-state index is 0.624. The molecular formula is C9H8N2S2. The summed E-state index contributed by atoms with van der Waals surface area (Å²) in [6, 6.07) is 7.88. The molecule has 2 nitrogen and oxygen atoms in total. The molecule has 66 valence electrons. The molecule has 0 saturated carbocycles. The number of hydrogen-bond acceptors (Lipinski definition) is 2. The van der Waals surface area contributed by atoms with Crippen molar-refractivity contribution in [2.45, 2.75) is 6.42 Å². The fraction of sp³-hybridized carbons (Fsp3) is 0.111. The Hall–Kier alpha value is -1.00. The fourth-order valence-electron chi connectivity index (χ4n) is 1.24. The van der Waals surface area contributed by atoms with E-state index in [-0.39, 0.29) is 0 Å². The molecule has 1 aliphatic rings. The zero-order valence-electron chi connectivity index (χ0n) is 6.83. The molecule has 1 aliphatic heterocycles. The van der Waals surface area contributed by atoms with Crippen LogP contribution in [0, 0.1) is 0 Å². The highest BCUT2D eigenvalue weighted by atomic mass is 32.1. The molecule has 0 atom stereocenters. The smallest absolute Gasteiger partial charge is 0.0866 e. The summed E-state index contributed by atoms with van der Waals surface area (Å²) >= 11 is 10.2. The topological polar surface area (TPSA) is 24.1 Å². The zero-order valence-corrected chi connectivity index (χ0v) is 8.47. The second-order valence-electron chi connectivity index (χ2n) is 2.82. The average molecular weight is 208 g/mol. The molecule has 1 aromatic rings. The van der Waals surface area contributed by atoms with Gasteiger partial charge in [0, 0.05) is 6.42 Å². The minimum atomic E-state index is 0.624. The van der Waals surface area contributed by atoms with E-state index in [2.05, 4.69) is 10.6 Å². The lowest BCUT2D eigenvalue weighted by Gasteiger charge is -2.06. The first-order valence-corrected chi connectivity index (χ1v) is 4.76. The van der Waals surface area contributed by atoms with E-state index in [1.807, 2.05) is 24.3 Å². The standard InChI is InChI=1S/C9H8N2S2/c12-8-5-9(13)11-7-4-2-1-3-6(7)10-8/h1-4H,5H2,(H,10,12)(H,11,13). The van der Waals surface area contributed by atoms with Gasteiger partial charge in [-0.1, -0.05) is 36.6 Å². The van der Waals surface area contributed by atoms with E-state index >= 15 is 0 Å². The number of anilines is 2. The Labute approximate surface area is 87.3 Å². The molecule has 13 heavy (non-hydrogen) atoms. The normalized spacial score (nSPS) is 15.4. The van der Waals surface area contributed by atoms with Gasteiger partial charge in [-0.3, -0.25) is 0 Å². The molecule has 1 aromatic carbocycles. The van der Waals surface area contributed by atoms with Crippen LogP contribution in [0.3, 0.4) is 0 Å². The highest BCUT2D eigenvalue weighted by molar-refractivity contribution is 7.82. The minimum Gasteiger partial charge on any atom is -0.348 e. The summed E-state index contributed by atoms with van der Waals surface area (Å²) in [5.41, 5.74) is 1.99. The number of benzene rings is 1. The van der Waals surface area contributed by atoms with Gasteiger partial charge in [0.1, 0.15) is 0 Å². The van der Waals surface area contributed by atoms with Crippen molar-refractivity contribution in [2.24, 2.45) is 0 Å². The van der Waals surface area contributed by atoms with Crippen LogP contribution < -0.4 is 10.6 Å². The van der Waals surface area contributed by atoms with Crippen LogP contribution in [0.1, 0.15) is 6.42 Å². The number of fused-ring (bicyclic) bond motifs is 1. The van der Waals surface area contributed by atoms with Crippen LogP contribution in [0.25, 0.3) is 0 Å². The van der Waals surface area contributed by atoms with Crippen molar-refractivity contribution in [3.63, 3.8) is 0 Å². The lowest BCUT2D eigenvalue weighted by atomic mass is 10.3. The molecule has 0 aliphatic carbocycles. The summed E-state index contributed by atoms with van der Waals surface area (Å²) in [6.45, 7) is 0. The van der Waals surface area contributed by atoms with Crippen molar-refractivity contribution >= 4 is 45.8 Å². The third kappa shape index (κ3) is 1.84. The maximum Gasteiger partial charge on any atom is 0.0866 e. The van der Waals surface area contributed by atoms with Crippen molar-refractivity contribution in [3.05, 3.63) is 24.3 Å². The van der Waals surface area contributed by atoms with Gasteiger partial charge in [-0.15, -0.1) is 0 Å². The Morgan fingerprint density at radius 1 is 0.923 bits per heavy atom. The maximum absolute atomic E-state index is 5.11.